The number of primary amides is 1. The van der Waals surface area contributed by atoms with Gasteiger partial charge in [0.1, 0.15) is 17.7 Å². The summed E-state index contributed by atoms with van der Waals surface area (Å²) in [5.41, 5.74) is 6.36. The van der Waals surface area contributed by atoms with Gasteiger partial charge in [-0.2, -0.15) is 10.1 Å². The Balaban J connectivity index is 1.66. The van der Waals surface area contributed by atoms with Gasteiger partial charge in [-0.1, -0.05) is 19.8 Å². The highest BCUT2D eigenvalue weighted by Gasteiger charge is 2.38. The summed E-state index contributed by atoms with van der Waals surface area (Å²) in [5.74, 6) is 1.60. The van der Waals surface area contributed by atoms with Gasteiger partial charge in [0.05, 0.1) is 12.2 Å². The first-order valence-electron chi connectivity index (χ1n) is 9.59. The Bertz CT molecular complexity index is 1030. The smallest absolute Gasteiger partial charge is 0.269 e. The van der Waals surface area contributed by atoms with E-state index < -0.39 is 5.91 Å². The van der Waals surface area contributed by atoms with Crippen molar-refractivity contribution in [3.63, 3.8) is 0 Å². The summed E-state index contributed by atoms with van der Waals surface area (Å²) in [7, 11) is 0. The number of nitrogens with zero attached hydrogens (tertiary/aromatic N) is 8. The van der Waals surface area contributed by atoms with Crippen molar-refractivity contribution in [2.75, 3.05) is 4.90 Å². The maximum absolute atomic E-state index is 11.4. The van der Waals surface area contributed by atoms with Crippen LogP contribution in [0.4, 0.5) is 5.82 Å². The predicted molar refractivity (Wildman–Crippen MR) is 100 cm³/mol. The van der Waals surface area contributed by atoms with Crippen molar-refractivity contribution >= 4 is 11.7 Å². The zero-order valence-electron chi connectivity index (χ0n) is 15.6. The summed E-state index contributed by atoms with van der Waals surface area (Å²) in [6.45, 7) is 2.16. The number of carbonyl (C=O) groups is 1. The van der Waals surface area contributed by atoms with Crippen LogP contribution in [0.2, 0.25) is 0 Å². The Morgan fingerprint density at radius 1 is 1.32 bits per heavy atom. The van der Waals surface area contributed by atoms with Gasteiger partial charge in [0.25, 0.3) is 11.9 Å². The second kappa shape index (κ2) is 6.39. The maximum Gasteiger partial charge on any atom is 0.269 e. The summed E-state index contributed by atoms with van der Waals surface area (Å²) in [6.07, 6.45) is 10.7. The van der Waals surface area contributed by atoms with Crippen molar-refractivity contribution < 1.29 is 4.79 Å². The van der Waals surface area contributed by atoms with E-state index in [4.69, 9.17) is 10.7 Å². The van der Waals surface area contributed by atoms with Crippen LogP contribution in [-0.4, -0.2) is 46.5 Å². The molecule has 1 atom stereocenters. The van der Waals surface area contributed by atoms with Crippen molar-refractivity contribution in [2.45, 2.75) is 51.1 Å². The van der Waals surface area contributed by atoms with E-state index in [9.17, 15) is 4.79 Å². The Hall–Kier alpha value is -3.30. The molecule has 3 aromatic rings. The molecule has 0 unspecified atom stereocenters. The molecule has 1 aliphatic carbocycles. The second-order valence-electron chi connectivity index (χ2n) is 7.22. The van der Waals surface area contributed by atoms with Crippen LogP contribution in [0.1, 0.15) is 61.4 Å². The zero-order valence-corrected chi connectivity index (χ0v) is 15.6. The molecule has 1 amide bonds. The van der Waals surface area contributed by atoms with Crippen LogP contribution < -0.4 is 10.6 Å². The third-order valence-corrected chi connectivity index (χ3v) is 5.60. The molecule has 4 heterocycles. The van der Waals surface area contributed by atoms with Crippen LogP contribution in [0.5, 0.6) is 0 Å². The highest BCUT2D eigenvalue weighted by atomic mass is 16.1. The van der Waals surface area contributed by atoms with E-state index in [1.807, 2.05) is 4.57 Å². The number of anilines is 1. The molecule has 0 saturated heterocycles. The molecular formula is C18H21N9O. The monoisotopic (exact) mass is 379 g/mol. The molecule has 10 heteroatoms. The molecule has 1 saturated carbocycles. The number of hydrogen-bond donors (Lipinski definition) is 1. The summed E-state index contributed by atoms with van der Waals surface area (Å²) in [6, 6.07) is 2.09. The zero-order chi connectivity index (χ0) is 19.3. The fourth-order valence-electron chi connectivity index (χ4n) is 4.31. The van der Waals surface area contributed by atoms with E-state index in [0.717, 1.165) is 36.6 Å². The Kier molecular flexibility index (Phi) is 3.85. The van der Waals surface area contributed by atoms with Crippen LogP contribution in [0.25, 0.3) is 11.6 Å². The number of fused-ring (bicyclic) bond motifs is 3. The average Bonchev–Trinajstić information content (AvgIpc) is 3.47. The molecule has 1 fully saturated rings. The van der Waals surface area contributed by atoms with Gasteiger partial charge in [-0.05, 0) is 25.3 Å². The van der Waals surface area contributed by atoms with Crippen LogP contribution in [-0.2, 0) is 0 Å². The SMILES string of the molecule is CC[C@@H]1c2nncn2-c2cnc(-n3ccc(C(N)=O)n3)nc2N1C1CCCC1. The normalized spacial score (nSPS) is 18.9. The Labute approximate surface area is 161 Å². The lowest BCUT2D eigenvalue weighted by Gasteiger charge is -2.40. The van der Waals surface area contributed by atoms with Gasteiger partial charge in [-0.25, -0.2) is 9.67 Å². The number of aromatic nitrogens is 7. The lowest BCUT2D eigenvalue weighted by atomic mass is 10.0. The van der Waals surface area contributed by atoms with Gasteiger partial charge in [0, 0.05) is 12.2 Å². The molecule has 10 nitrogen and oxygen atoms in total. The molecule has 0 bridgehead atoms. The van der Waals surface area contributed by atoms with E-state index in [1.54, 1.807) is 24.8 Å². The molecule has 0 aromatic carbocycles. The number of carbonyl (C=O) groups excluding carboxylic acids is 1. The second-order valence-corrected chi connectivity index (χ2v) is 7.22. The van der Waals surface area contributed by atoms with Gasteiger partial charge < -0.3 is 10.6 Å². The van der Waals surface area contributed by atoms with Gasteiger partial charge in [-0.3, -0.25) is 9.36 Å². The summed E-state index contributed by atoms with van der Waals surface area (Å²) in [4.78, 5) is 23.1. The summed E-state index contributed by atoms with van der Waals surface area (Å²) in [5, 5.41) is 12.7. The predicted octanol–water partition coefficient (Wildman–Crippen LogP) is 1.56. The summed E-state index contributed by atoms with van der Waals surface area (Å²) < 4.78 is 3.45. The first-order chi connectivity index (χ1) is 13.7. The Morgan fingerprint density at radius 3 is 2.86 bits per heavy atom. The van der Waals surface area contributed by atoms with Crippen molar-refractivity contribution in [2.24, 2.45) is 5.73 Å². The Morgan fingerprint density at radius 2 is 2.14 bits per heavy atom. The first-order valence-corrected chi connectivity index (χ1v) is 9.59. The van der Waals surface area contributed by atoms with Crippen molar-refractivity contribution in [3.8, 4) is 11.6 Å². The molecule has 3 aromatic heterocycles. The van der Waals surface area contributed by atoms with Gasteiger partial charge >= 0.3 is 0 Å². The quantitative estimate of drug-likeness (QED) is 0.730. The van der Waals surface area contributed by atoms with Crippen molar-refractivity contribution in [1.29, 1.82) is 0 Å². The van der Waals surface area contributed by atoms with Crippen LogP contribution in [0.3, 0.4) is 0 Å². The van der Waals surface area contributed by atoms with E-state index in [-0.39, 0.29) is 11.7 Å². The topological polar surface area (TPSA) is 121 Å². The number of nitrogens with two attached hydrogens (primary N) is 1. The molecule has 0 radical (unpaired) electrons. The van der Waals surface area contributed by atoms with E-state index >= 15 is 0 Å². The molecule has 2 N–H and O–H groups in total. The number of amides is 1. The lowest BCUT2D eigenvalue weighted by Crippen LogP contribution is -2.42. The van der Waals surface area contributed by atoms with Gasteiger partial charge in [-0.15, -0.1) is 10.2 Å². The summed E-state index contributed by atoms with van der Waals surface area (Å²) >= 11 is 0. The first kappa shape index (κ1) is 16.8. The van der Waals surface area contributed by atoms with Crippen LogP contribution in [0.15, 0.2) is 24.8 Å². The average molecular weight is 379 g/mol. The minimum absolute atomic E-state index is 0.111. The third kappa shape index (κ3) is 2.48. The largest absolute Gasteiger partial charge is 0.364 e. The fourth-order valence-corrected chi connectivity index (χ4v) is 4.31. The third-order valence-electron chi connectivity index (χ3n) is 5.60. The molecule has 1 aliphatic heterocycles. The van der Waals surface area contributed by atoms with Crippen molar-refractivity contribution in [1.82, 2.24) is 34.5 Å². The van der Waals surface area contributed by atoms with Crippen LogP contribution >= 0.6 is 0 Å². The minimum Gasteiger partial charge on any atom is -0.364 e. The highest BCUT2D eigenvalue weighted by molar-refractivity contribution is 5.90. The van der Waals surface area contributed by atoms with Gasteiger partial charge in [0.15, 0.2) is 11.6 Å². The lowest BCUT2D eigenvalue weighted by molar-refractivity contribution is 0.0995. The standard InChI is InChI=1S/C18H21N9O/c1-2-13-17-23-21-10-25(17)14-9-20-18(26-8-7-12(24-26)15(19)28)22-16(14)27(13)11-5-3-4-6-11/h7-11,13H,2-6H2,1H3,(H2,19,28)/t13-/m1/s1. The molecule has 28 heavy (non-hydrogen) atoms. The number of rotatable bonds is 4. The van der Waals surface area contributed by atoms with Crippen LogP contribution in [0, 0.1) is 0 Å². The fraction of sp³-hybridized carbons (Fsp3) is 0.444. The molecular weight excluding hydrogens is 358 g/mol. The minimum atomic E-state index is -0.579. The number of hydrogen-bond acceptors (Lipinski definition) is 7. The van der Waals surface area contributed by atoms with E-state index in [2.05, 4.69) is 32.1 Å². The molecule has 5 rings (SSSR count). The van der Waals surface area contributed by atoms with Gasteiger partial charge in [0.2, 0.25) is 0 Å². The molecule has 144 valence electrons. The van der Waals surface area contributed by atoms with E-state index in [1.165, 1.54) is 17.5 Å². The molecule has 0 spiro atoms. The van der Waals surface area contributed by atoms with E-state index in [0.29, 0.717) is 12.0 Å². The highest BCUT2D eigenvalue weighted by Crippen LogP contribution is 2.42. The molecule has 2 aliphatic rings. The van der Waals surface area contributed by atoms with Crippen molar-refractivity contribution in [3.05, 3.63) is 36.3 Å². The maximum atomic E-state index is 11.4.